The summed E-state index contributed by atoms with van der Waals surface area (Å²) in [6.45, 7) is 1.52. The van der Waals surface area contributed by atoms with E-state index in [-0.39, 0.29) is 11.8 Å². The third-order valence-corrected chi connectivity index (χ3v) is 4.90. The highest BCUT2D eigenvalue weighted by Crippen LogP contribution is 2.32. The van der Waals surface area contributed by atoms with Crippen LogP contribution in [0.15, 0.2) is 83.9 Å². The number of fused-ring (bicyclic) bond motifs is 1. The van der Waals surface area contributed by atoms with Crippen molar-refractivity contribution in [3.05, 3.63) is 90.0 Å². The Balaban J connectivity index is 1.92. The first kappa shape index (κ1) is 18.5. The molecule has 0 unspecified atom stereocenters. The average molecular weight is 383 g/mol. The molecule has 144 valence electrons. The smallest absolute Gasteiger partial charge is 0.223 e. The van der Waals surface area contributed by atoms with Crippen molar-refractivity contribution in [3.8, 4) is 5.88 Å². The molecule has 0 spiro atoms. The normalized spacial score (nSPS) is 11.6. The van der Waals surface area contributed by atoms with E-state index in [1.165, 1.54) is 6.92 Å². The summed E-state index contributed by atoms with van der Waals surface area (Å²) in [6.07, 6.45) is 0. The fourth-order valence-electron chi connectivity index (χ4n) is 3.31. The van der Waals surface area contributed by atoms with Crippen LogP contribution in [-0.4, -0.2) is 28.8 Å². The Bertz CT molecular complexity index is 1210. The number of aromatic hydroxyl groups is 1. The summed E-state index contributed by atoms with van der Waals surface area (Å²) in [5.74, 6) is 0.0227. The molecule has 0 aliphatic heterocycles. The van der Waals surface area contributed by atoms with E-state index in [0.29, 0.717) is 17.0 Å². The van der Waals surface area contributed by atoms with Gasteiger partial charge in [-0.2, -0.15) is 0 Å². The molecule has 5 heteroatoms. The summed E-state index contributed by atoms with van der Waals surface area (Å²) in [5, 5.41) is 11.6. The summed E-state index contributed by atoms with van der Waals surface area (Å²) in [7, 11) is 1.73. The summed E-state index contributed by atoms with van der Waals surface area (Å²) >= 11 is 0. The molecule has 0 atom stereocenters. The van der Waals surface area contributed by atoms with Crippen LogP contribution in [0.4, 0.5) is 11.4 Å². The van der Waals surface area contributed by atoms with Crippen molar-refractivity contribution in [2.24, 2.45) is 4.99 Å². The second-order valence-corrected chi connectivity index (χ2v) is 6.82. The van der Waals surface area contributed by atoms with E-state index in [1.54, 1.807) is 11.9 Å². The summed E-state index contributed by atoms with van der Waals surface area (Å²) in [4.78, 5) is 21.2. The maximum atomic E-state index is 11.7. The number of carbonyl (C=O) groups is 1. The first-order chi connectivity index (χ1) is 14.0. The van der Waals surface area contributed by atoms with Crippen molar-refractivity contribution in [1.29, 1.82) is 0 Å². The van der Waals surface area contributed by atoms with E-state index < -0.39 is 0 Å². The van der Waals surface area contributed by atoms with Gasteiger partial charge in [0.15, 0.2) is 5.88 Å². The fourth-order valence-corrected chi connectivity index (χ4v) is 3.31. The molecule has 4 aromatic rings. The number of aromatic amines is 1. The van der Waals surface area contributed by atoms with Crippen molar-refractivity contribution < 1.29 is 9.90 Å². The number of benzene rings is 3. The maximum Gasteiger partial charge on any atom is 0.223 e. The van der Waals surface area contributed by atoms with E-state index in [2.05, 4.69) is 4.98 Å². The predicted molar refractivity (Wildman–Crippen MR) is 117 cm³/mol. The van der Waals surface area contributed by atoms with Crippen molar-refractivity contribution in [1.82, 2.24) is 4.98 Å². The van der Waals surface area contributed by atoms with E-state index >= 15 is 0 Å². The highest BCUT2D eigenvalue weighted by Gasteiger charge is 2.18. The van der Waals surface area contributed by atoms with Gasteiger partial charge in [0.05, 0.1) is 17.0 Å². The molecule has 2 N–H and O–H groups in total. The second kappa shape index (κ2) is 7.64. The van der Waals surface area contributed by atoms with Gasteiger partial charge in [-0.15, -0.1) is 0 Å². The van der Waals surface area contributed by atoms with Gasteiger partial charge in [0, 0.05) is 36.1 Å². The second-order valence-electron chi connectivity index (χ2n) is 6.82. The highest BCUT2D eigenvalue weighted by atomic mass is 16.3. The third kappa shape index (κ3) is 3.62. The van der Waals surface area contributed by atoms with Crippen LogP contribution in [-0.2, 0) is 4.79 Å². The van der Waals surface area contributed by atoms with Crippen molar-refractivity contribution in [2.45, 2.75) is 6.92 Å². The molecular weight excluding hydrogens is 362 g/mol. The van der Waals surface area contributed by atoms with Gasteiger partial charge in [-0.1, -0.05) is 54.6 Å². The molecule has 3 aromatic carbocycles. The number of aliphatic imine (C=N–C) groups is 1. The monoisotopic (exact) mass is 383 g/mol. The van der Waals surface area contributed by atoms with Crippen LogP contribution >= 0.6 is 0 Å². The molecule has 0 bridgehead atoms. The molecule has 4 rings (SSSR count). The number of hydrogen-bond donors (Lipinski definition) is 2. The number of H-pyrrole nitrogens is 1. The lowest BCUT2D eigenvalue weighted by atomic mass is 10.0. The minimum absolute atomic E-state index is 0.0521. The van der Waals surface area contributed by atoms with Gasteiger partial charge in [-0.3, -0.25) is 4.79 Å². The molecule has 1 amide bonds. The zero-order chi connectivity index (χ0) is 20.4. The van der Waals surface area contributed by atoms with E-state index in [0.717, 1.165) is 22.2 Å². The zero-order valence-electron chi connectivity index (χ0n) is 16.3. The average Bonchev–Trinajstić information content (AvgIpc) is 3.08. The zero-order valence-corrected chi connectivity index (χ0v) is 16.3. The molecule has 0 aliphatic rings. The number of anilines is 1. The number of carbonyl (C=O) groups excluding carboxylic acids is 1. The number of amides is 1. The van der Waals surface area contributed by atoms with Crippen molar-refractivity contribution in [3.63, 3.8) is 0 Å². The van der Waals surface area contributed by atoms with Gasteiger partial charge in [-0.05, 0) is 24.3 Å². The maximum absolute atomic E-state index is 11.7. The number of nitrogens with one attached hydrogen (secondary N) is 1. The van der Waals surface area contributed by atoms with Crippen LogP contribution in [0.5, 0.6) is 5.88 Å². The highest BCUT2D eigenvalue weighted by molar-refractivity contribution is 6.21. The Morgan fingerprint density at radius 2 is 1.69 bits per heavy atom. The van der Waals surface area contributed by atoms with E-state index in [4.69, 9.17) is 4.99 Å². The lowest BCUT2D eigenvalue weighted by Gasteiger charge is -2.15. The lowest BCUT2D eigenvalue weighted by Crippen LogP contribution is -2.22. The Labute approximate surface area is 169 Å². The van der Waals surface area contributed by atoms with Crippen LogP contribution in [0.2, 0.25) is 0 Å². The Hall–Kier alpha value is -3.86. The third-order valence-electron chi connectivity index (χ3n) is 4.90. The van der Waals surface area contributed by atoms with Gasteiger partial charge in [-0.25, -0.2) is 4.99 Å². The quantitative estimate of drug-likeness (QED) is 0.486. The molecule has 0 aliphatic carbocycles. The van der Waals surface area contributed by atoms with Gasteiger partial charge >= 0.3 is 0 Å². The lowest BCUT2D eigenvalue weighted by molar-refractivity contribution is -0.116. The molecule has 0 saturated carbocycles. The molecule has 29 heavy (non-hydrogen) atoms. The molecular formula is C24H21N3O2. The van der Waals surface area contributed by atoms with Crippen molar-refractivity contribution >= 4 is 33.9 Å². The van der Waals surface area contributed by atoms with E-state index in [1.807, 2.05) is 78.9 Å². The number of hydrogen-bond acceptors (Lipinski definition) is 3. The van der Waals surface area contributed by atoms with Crippen molar-refractivity contribution in [2.75, 3.05) is 11.9 Å². The minimum Gasteiger partial charge on any atom is -0.494 e. The fraction of sp³-hybridized carbons (Fsp3) is 0.0833. The van der Waals surface area contributed by atoms with Gasteiger partial charge < -0.3 is 15.0 Å². The minimum atomic E-state index is -0.0521. The number of nitrogens with zero attached hydrogens (tertiary/aromatic N) is 2. The Kier molecular flexibility index (Phi) is 4.87. The van der Waals surface area contributed by atoms with Crippen LogP contribution in [0.3, 0.4) is 0 Å². The topological polar surface area (TPSA) is 68.7 Å². The molecule has 0 saturated heterocycles. The summed E-state index contributed by atoms with van der Waals surface area (Å²) < 4.78 is 0. The number of rotatable bonds is 4. The number of para-hydroxylation sites is 1. The standard InChI is InChI=1S/C24H21N3O2/c1-16(28)27(2)19-12-8-11-18(15-19)25-23(17-9-4-3-5-10-17)22-20-13-6-7-14-21(20)26-24(22)29/h3-15,26,29H,1-2H3. The summed E-state index contributed by atoms with van der Waals surface area (Å²) in [5.41, 5.74) is 4.49. The van der Waals surface area contributed by atoms with Crippen LogP contribution in [0.25, 0.3) is 10.9 Å². The molecule has 0 fully saturated rings. The predicted octanol–water partition coefficient (Wildman–Crippen LogP) is 5.03. The molecule has 1 heterocycles. The number of aromatic nitrogens is 1. The van der Waals surface area contributed by atoms with Gasteiger partial charge in [0.25, 0.3) is 0 Å². The molecule has 5 nitrogen and oxygen atoms in total. The van der Waals surface area contributed by atoms with E-state index in [9.17, 15) is 9.90 Å². The Morgan fingerprint density at radius 3 is 2.45 bits per heavy atom. The van der Waals surface area contributed by atoms with Crippen LogP contribution in [0, 0.1) is 0 Å². The summed E-state index contributed by atoms with van der Waals surface area (Å²) in [6, 6.07) is 25.0. The van der Waals surface area contributed by atoms with Crippen LogP contribution in [0.1, 0.15) is 18.1 Å². The largest absolute Gasteiger partial charge is 0.494 e. The first-order valence-corrected chi connectivity index (χ1v) is 9.33. The molecule has 0 radical (unpaired) electrons. The molecule has 1 aromatic heterocycles. The van der Waals surface area contributed by atoms with Crippen LogP contribution < -0.4 is 4.90 Å². The van der Waals surface area contributed by atoms with Gasteiger partial charge in [0.1, 0.15) is 0 Å². The van der Waals surface area contributed by atoms with Gasteiger partial charge in [0.2, 0.25) is 5.91 Å². The SMILES string of the molecule is CC(=O)N(C)c1cccc(N=C(c2ccccc2)c2c(O)[nH]c3ccccc23)c1. The Morgan fingerprint density at radius 1 is 0.966 bits per heavy atom. The first-order valence-electron chi connectivity index (χ1n) is 9.33.